The predicted molar refractivity (Wildman–Crippen MR) is 84.9 cm³/mol. The fourth-order valence-electron chi connectivity index (χ4n) is 2.75. The van der Waals surface area contributed by atoms with E-state index in [9.17, 15) is 0 Å². The van der Waals surface area contributed by atoms with E-state index >= 15 is 0 Å². The molecule has 0 spiro atoms. The Morgan fingerprint density at radius 3 is 2.52 bits per heavy atom. The zero-order chi connectivity index (χ0) is 15.4. The Hall–Kier alpha value is -1.08. The van der Waals surface area contributed by atoms with Crippen LogP contribution in [0.15, 0.2) is 24.3 Å². The normalized spacial score (nSPS) is 24.0. The van der Waals surface area contributed by atoms with E-state index in [1.165, 1.54) is 0 Å². The largest absolute Gasteiger partial charge is 0.492 e. The number of likely N-dealkylation sites (N-methyl/N-ethyl adjacent to an activating group) is 1. The van der Waals surface area contributed by atoms with Crippen LogP contribution in [0.25, 0.3) is 0 Å². The molecule has 0 bridgehead atoms. The molecule has 0 radical (unpaired) electrons. The van der Waals surface area contributed by atoms with Gasteiger partial charge in [-0.25, -0.2) is 0 Å². The smallest absolute Gasteiger partial charge is 0.488 e. The summed E-state index contributed by atoms with van der Waals surface area (Å²) < 4.78 is 5.72. The fourth-order valence-corrected chi connectivity index (χ4v) is 2.75. The second-order valence-corrected chi connectivity index (χ2v) is 5.92. The molecule has 1 saturated heterocycles. The first kappa shape index (κ1) is 16.3. The molecule has 6 heteroatoms. The number of ether oxygens (including phenoxy) is 1. The van der Waals surface area contributed by atoms with Gasteiger partial charge in [-0.1, -0.05) is 12.1 Å². The average molecular weight is 292 g/mol. The van der Waals surface area contributed by atoms with Crippen LogP contribution in [0.5, 0.6) is 5.75 Å². The highest BCUT2D eigenvalue weighted by Gasteiger charge is 2.26. The van der Waals surface area contributed by atoms with E-state index in [0.29, 0.717) is 29.9 Å². The van der Waals surface area contributed by atoms with Crippen molar-refractivity contribution < 1.29 is 14.8 Å². The molecule has 1 aromatic carbocycles. The van der Waals surface area contributed by atoms with Crippen molar-refractivity contribution in [2.75, 3.05) is 33.3 Å². The molecule has 0 aliphatic carbocycles. The van der Waals surface area contributed by atoms with Gasteiger partial charge >= 0.3 is 7.12 Å². The van der Waals surface area contributed by atoms with Crippen LogP contribution in [-0.2, 0) is 0 Å². The van der Waals surface area contributed by atoms with Crippen molar-refractivity contribution in [2.45, 2.75) is 25.9 Å². The van der Waals surface area contributed by atoms with Crippen LogP contribution >= 0.6 is 0 Å². The molecular weight excluding hydrogens is 267 g/mol. The summed E-state index contributed by atoms with van der Waals surface area (Å²) in [5, 5.41) is 18.3. The zero-order valence-corrected chi connectivity index (χ0v) is 13.1. The second-order valence-electron chi connectivity index (χ2n) is 5.92. The van der Waals surface area contributed by atoms with E-state index in [-0.39, 0.29) is 0 Å². The molecule has 2 unspecified atom stereocenters. The third-order valence-electron chi connectivity index (χ3n) is 4.27. The number of nitrogens with zero attached hydrogens (tertiary/aromatic N) is 2. The van der Waals surface area contributed by atoms with Crippen LogP contribution in [0.1, 0.15) is 13.8 Å². The highest BCUT2D eigenvalue weighted by atomic mass is 16.5. The minimum absolute atomic E-state index is 0.453. The Morgan fingerprint density at radius 2 is 1.90 bits per heavy atom. The molecule has 21 heavy (non-hydrogen) atoms. The first-order valence-corrected chi connectivity index (χ1v) is 7.50. The van der Waals surface area contributed by atoms with Gasteiger partial charge in [-0.2, -0.15) is 0 Å². The molecule has 1 aliphatic rings. The minimum Gasteiger partial charge on any atom is -0.492 e. The maximum atomic E-state index is 9.15. The third kappa shape index (κ3) is 4.44. The lowest BCUT2D eigenvalue weighted by molar-refractivity contribution is 0.0522. The zero-order valence-electron chi connectivity index (χ0n) is 13.1. The van der Waals surface area contributed by atoms with Crippen molar-refractivity contribution in [2.24, 2.45) is 0 Å². The molecule has 116 valence electrons. The van der Waals surface area contributed by atoms with Crippen molar-refractivity contribution in [1.29, 1.82) is 0 Å². The number of rotatable bonds is 5. The number of piperazine rings is 1. The SMILES string of the molecule is CC1CN(CCOc2cccc(B(O)O)c2)CC(C)N1C. The Balaban J connectivity index is 1.80. The van der Waals surface area contributed by atoms with E-state index in [2.05, 4.69) is 30.7 Å². The molecule has 0 saturated carbocycles. The lowest BCUT2D eigenvalue weighted by Crippen LogP contribution is -2.55. The number of hydrogen-bond donors (Lipinski definition) is 2. The number of hydrogen-bond acceptors (Lipinski definition) is 5. The summed E-state index contributed by atoms with van der Waals surface area (Å²) in [6.45, 7) is 8.09. The molecular formula is C15H25BN2O3. The summed E-state index contributed by atoms with van der Waals surface area (Å²) in [5.74, 6) is 0.677. The van der Waals surface area contributed by atoms with Gasteiger partial charge in [0.25, 0.3) is 0 Å². The van der Waals surface area contributed by atoms with Crippen LogP contribution in [0, 0.1) is 0 Å². The molecule has 2 N–H and O–H groups in total. The van der Waals surface area contributed by atoms with Crippen molar-refractivity contribution in [3.63, 3.8) is 0 Å². The van der Waals surface area contributed by atoms with E-state index in [1.54, 1.807) is 18.2 Å². The topological polar surface area (TPSA) is 56.2 Å². The molecule has 2 rings (SSSR count). The van der Waals surface area contributed by atoms with Gasteiger partial charge in [0.15, 0.2) is 0 Å². The molecule has 0 aromatic heterocycles. The van der Waals surface area contributed by atoms with E-state index in [1.807, 2.05) is 6.07 Å². The lowest BCUT2D eigenvalue weighted by Gasteiger charge is -2.42. The Bertz CT molecular complexity index is 446. The summed E-state index contributed by atoms with van der Waals surface area (Å²) in [6.07, 6.45) is 0. The maximum absolute atomic E-state index is 9.15. The maximum Gasteiger partial charge on any atom is 0.488 e. The van der Waals surface area contributed by atoms with E-state index < -0.39 is 7.12 Å². The quantitative estimate of drug-likeness (QED) is 0.734. The standard InChI is InChI=1S/C15H25BN2O3/c1-12-10-18(11-13(2)17(12)3)7-8-21-15-6-4-5-14(9-15)16(19)20/h4-6,9,12-13,19-20H,7-8,10-11H2,1-3H3. The molecule has 1 aromatic rings. The van der Waals surface area contributed by atoms with Crippen LogP contribution in [0.2, 0.25) is 0 Å². The van der Waals surface area contributed by atoms with Gasteiger partial charge in [0, 0.05) is 31.7 Å². The molecule has 1 aliphatic heterocycles. The van der Waals surface area contributed by atoms with Crippen molar-refractivity contribution >= 4 is 12.6 Å². The van der Waals surface area contributed by atoms with E-state index in [0.717, 1.165) is 19.6 Å². The van der Waals surface area contributed by atoms with Gasteiger partial charge in [0.2, 0.25) is 0 Å². The van der Waals surface area contributed by atoms with Gasteiger partial charge in [-0.3, -0.25) is 9.80 Å². The fraction of sp³-hybridized carbons (Fsp3) is 0.600. The molecule has 0 amide bonds. The van der Waals surface area contributed by atoms with Crippen LogP contribution in [0.4, 0.5) is 0 Å². The van der Waals surface area contributed by atoms with Crippen molar-refractivity contribution in [3.8, 4) is 5.75 Å². The molecule has 2 atom stereocenters. The summed E-state index contributed by atoms with van der Waals surface area (Å²) in [4.78, 5) is 4.82. The summed E-state index contributed by atoms with van der Waals surface area (Å²) in [6, 6.07) is 8.05. The molecule has 1 fully saturated rings. The Morgan fingerprint density at radius 1 is 1.24 bits per heavy atom. The molecule has 1 heterocycles. The average Bonchev–Trinajstić information content (AvgIpc) is 2.45. The Kier molecular flexibility index (Phi) is 5.64. The first-order valence-electron chi connectivity index (χ1n) is 7.50. The van der Waals surface area contributed by atoms with E-state index in [4.69, 9.17) is 14.8 Å². The summed E-state index contributed by atoms with van der Waals surface area (Å²) >= 11 is 0. The first-order chi connectivity index (χ1) is 9.97. The van der Waals surface area contributed by atoms with Gasteiger partial charge in [-0.15, -0.1) is 0 Å². The summed E-state index contributed by atoms with van der Waals surface area (Å²) in [5.41, 5.74) is 0.453. The van der Waals surface area contributed by atoms with Gasteiger partial charge < -0.3 is 14.8 Å². The van der Waals surface area contributed by atoms with Crippen LogP contribution in [-0.4, -0.2) is 72.3 Å². The summed E-state index contributed by atoms with van der Waals surface area (Å²) in [7, 11) is 0.724. The highest BCUT2D eigenvalue weighted by molar-refractivity contribution is 6.58. The van der Waals surface area contributed by atoms with Gasteiger partial charge in [0.1, 0.15) is 12.4 Å². The monoisotopic (exact) mass is 292 g/mol. The highest BCUT2D eigenvalue weighted by Crippen LogP contribution is 2.13. The second kappa shape index (κ2) is 7.27. The van der Waals surface area contributed by atoms with Crippen molar-refractivity contribution in [1.82, 2.24) is 9.80 Å². The minimum atomic E-state index is -1.45. The third-order valence-corrected chi connectivity index (χ3v) is 4.27. The van der Waals surface area contributed by atoms with Crippen LogP contribution in [0.3, 0.4) is 0 Å². The van der Waals surface area contributed by atoms with Crippen LogP contribution < -0.4 is 10.2 Å². The Labute approximate surface area is 127 Å². The number of benzene rings is 1. The molecule has 5 nitrogen and oxygen atoms in total. The van der Waals surface area contributed by atoms with Gasteiger partial charge in [0.05, 0.1) is 0 Å². The predicted octanol–water partition coefficient (Wildman–Crippen LogP) is -0.230. The lowest BCUT2D eigenvalue weighted by atomic mass is 9.80. The van der Waals surface area contributed by atoms with Crippen molar-refractivity contribution in [3.05, 3.63) is 24.3 Å². The van der Waals surface area contributed by atoms with Gasteiger partial charge in [-0.05, 0) is 38.5 Å².